The van der Waals surface area contributed by atoms with Gasteiger partial charge in [-0.3, -0.25) is 4.79 Å². The van der Waals surface area contributed by atoms with Crippen LogP contribution in [0.2, 0.25) is 0 Å². The van der Waals surface area contributed by atoms with Gasteiger partial charge >= 0.3 is 11.9 Å². The number of rotatable bonds is 7. The fraction of sp³-hybridized carbons (Fsp3) is 0.385. The number of esters is 2. The molecule has 0 spiro atoms. The first-order valence-electron chi connectivity index (χ1n) is 11.0. The molecule has 0 aromatic heterocycles. The van der Waals surface area contributed by atoms with Gasteiger partial charge in [0.2, 0.25) is 0 Å². The second-order valence-corrected chi connectivity index (χ2v) is 8.26. The number of benzene rings is 2. The largest absolute Gasteiger partial charge is 0.466 e. The summed E-state index contributed by atoms with van der Waals surface area (Å²) in [5.41, 5.74) is 2.04. The van der Waals surface area contributed by atoms with Crippen molar-refractivity contribution in [3.05, 3.63) is 77.0 Å². The van der Waals surface area contributed by atoms with Crippen molar-refractivity contribution in [2.75, 3.05) is 18.5 Å². The second-order valence-electron chi connectivity index (χ2n) is 8.26. The summed E-state index contributed by atoms with van der Waals surface area (Å²) in [6.45, 7) is 7.45. The minimum absolute atomic E-state index is 0.0713. The molecule has 6 heteroatoms. The van der Waals surface area contributed by atoms with Gasteiger partial charge in [0, 0.05) is 23.7 Å². The molecule has 32 heavy (non-hydrogen) atoms. The summed E-state index contributed by atoms with van der Waals surface area (Å²) in [5, 5.41) is 14.8. The molecule has 0 heterocycles. The summed E-state index contributed by atoms with van der Waals surface area (Å²) in [7, 11) is 0. The van der Waals surface area contributed by atoms with Crippen molar-refractivity contribution in [1.29, 1.82) is 0 Å². The number of ether oxygens (including phenoxy) is 2. The van der Waals surface area contributed by atoms with Gasteiger partial charge in [-0.2, -0.15) is 0 Å². The second kappa shape index (κ2) is 10.0. The van der Waals surface area contributed by atoms with E-state index >= 15 is 0 Å². The third kappa shape index (κ3) is 5.02. The fourth-order valence-corrected chi connectivity index (χ4v) is 4.30. The van der Waals surface area contributed by atoms with Gasteiger partial charge in [-0.05, 0) is 45.4 Å². The third-order valence-corrected chi connectivity index (χ3v) is 5.72. The molecular weight excluding hydrogens is 406 g/mol. The van der Waals surface area contributed by atoms with Gasteiger partial charge in [-0.15, -0.1) is 0 Å². The third-order valence-electron chi connectivity index (χ3n) is 5.72. The maximum absolute atomic E-state index is 13.2. The zero-order valence-electron chi connectivity index (χ0n) is 19.1. The Kier molecular flexibility index (Phi) is 7.36. The van der Waals surface area contributed by atoms with Crippen LogP contribution < -0.4 is 5.32 Å². The van der Waals surface area contributed by atoms with E-state index in [-0.39, 0.29) is 19.6 Å². The molecule has 2 N–H and O–H groups in total. The van der Waals surface area contributed by atoms with E-state index in [1.807, 2.05) is 61.5 Å². The summed E-state index contributed by atoms with van der Waals surface area (Å²) in [4.78, 5) is 26.3. The lowest BCUT2D eigenvalue weighted by Gasteiger charge is -2.43. The molecule has 0 saturated heterocycles. The van der Waals surface area contributed by atoms with Gasteiger partial charge in [0.05, 0.1) is 30.3 Å². The van der Waals surface area contributed by atoms with Crippen LogP contribution in [0.15, 0.2) is 65.9 Å². The summed E-state index contributed by atoms with van der Waals surface area (Å²) >= 11 is 0. The molecule has 0 radical (unpaired) electrons. The van der Waals surface area contributed by atoms with Crippen LogP contribution in [-0.4, -0.2) is 35.9 Å². The summed E-state index contributed by atoms with van der Waals surface area (Å²) in [5.74, 6) is -2.75. The predicted molar refractivity (Wildman–Crippen MR) is 123 cm³/mol. The predicted octanol–water partition coefficient (Wildman–Crippen LogP) is 4.34. The molecule has 1 aliphatic carbocycles. The van der Waals surface area contributed by atoms with Crippen LogP contribution in [-0.2, 0) is 19.1 Å². The Morgan fingerprint density at radius 1 is 1.03 bits per heavy atom. The average molecular weight is 438 g/mol. The Bertz CT molecular complexity index is 979. The van der Waals surface area contributed by atoms with Crippen LogP contribution in [0.1, 0.15) is 44.2 Å². The lowest BCUT2D eigenvalue weighted by atomic mass is 9.66. The Morgan fingerprint density at radius 2 is 1.66 bits per heavy atom. The van der Waals surface area contributed by atoms with Gasteiger partial charge in [0.15, 0.2) is 0 Å². The standard InChI is InChI=1S/C26H31NO5/c1-5-31-24(28)22-20(27-19-14-12-17(3)13-15-19)16-26(4,30)23(25(29)32-6-2)21(22)18-10-8-7-9-11-18/h7-15,21,23,27,30H,5-6,16H2,1-4H3/t21-,23-,26+/m1/s1. The molecule has 2 aromatic rings. The first-order valence-corrected chi connectivity index (χ1v) is 11.0. The van der Waals surface area contributed by atoms with E-state index in [1.54, 1.807) is 20.8 Å². The molecule has 3 atom stereocenters. The van der Waals surface area contributed by atoms with Gasteiger partial charge in [0.1, 0.15) is 0 Å². The SMILES string of the molecule is CCOC(=O)C1=C(Nc2ccc(C)cc2)C[C@](C)(O)[C@@H](C(=O)OCC)[C@@H]1c1ccccc1. The number of nitrogens with one attached hydrogen (secondary N) is 1. The van der Waals surface area contributed by atoms with Crippen LogP contribution in [0.5, 0.6) is 0 Å². The normalized spacial score (nSPS) is 22.9. The molecule has 0 saturated carbocycles. The number of aryl methyl sites for hydroxylation is 1. The van der Waals surface area contributed by atoms with Crippen LogP contribution >= 0.6 is 0 Å². The maximum Gasteiger partial charge on any atom is 0.336 e. The molecule has 0 bridgehead atoms. The molecule has 2 aromatic carbocycles. The van der Waals surface area contributed by atoms with Crippen LogP contribution in [0.3, 0.4) is 0 Å². The molecular formula is C26H31NO5. The monoisotopic (exact) mass is 437 g/mol. The summed E-state index contributed by atoms with van der Waals surface area (Å²) in [6.07, 6.45) is 0.0713. The lowest BCUT2D eigenvalue weighted by Crippen LogP contribution is -2.49. The number of carbonyl (C=O) groups excluding carboxylic acids is 2. The van der Waals surface area contributed by atoms with E-state index in [2.05, 4.69) is 5.32 Å². The Labute approximate surface area is 189 Å². The summed E-state index contributed by atoms with van der Waals surface area (Å²) < 4.78 is 10.7. The first-order chi connectivity index (χ1) is 15.3. The number of anilines is 1. The van der Waals surface area contributed by atoms with Gasteiger partial charge in [0.25, 0.3) is 0 Å². The van der Waals surface area contributed by atoms with E-state index in [0.717, 1.165) is 16.8 Å². The summed E-state index contributed by atoms with van der Waals surface area (Å²) in [6, 6.07) is 17.0. The van der Waals surface area contributed by atoms with Crippen molar-refractivity contribution >= 4 is 17.6 Å². The molecule has 0 unspecified atom stereocenters. The highest BCUT2D eigenvalue weighted by molar-refractivity contribution is 5.94. The Hall–Kier alpha value is -3.12. The van der Waals surface area contributed by atoms with Crippen molar-refractivity contribution < 1.29 is 24.2 Å². The minimum Gasteiger partial charge on any atom is -0.466 e. The van der Waals surface area contributed by atoms with Crippen molar-refractivity contribution in [1.82, 2.24) is 0 Å². The lowest BCUT2D eigenvalue weighted by molar-refractivity contribution is -0.159. The molecule has 170 valence electrons. The van der Waals surface area contributed by atoms with Crippen LogP contribution in [0.25, 0.3) is 0 Å². The molecule has 1 aliphatic rings. The topological polar surface area (TPSA) is 84.9 Å². The number of hydrogen-bond acceptors (Lipinski definition) is 6. The quantitative estimate of drug-likeness (QED) is 0.627. The van der Waals surface area contributed by atoms with E-state index in [9.17, 15) is 14.7 Å². The molecule has 6 nitrogen and oxygen atoms in total. The Balaban J connectivity index is 2.21. The highest BCUT2D eigenvalue weighted by Gasteiger charge is 2.52. The zero-order chi connectivity index (χ0) is 23.3. The highest BCUT2D eigenvalue weighted by atomic mass is 16.5. The fourth-order valence-electron chi connectivity index (χ4n) is 4.30. The van der Waals surface area contributed by atoms with E-state index < -0.39 is 29.4 Å². The Morgan fingerprint density at radius 3 is 2.25 bits per heavy atom. The van der Waals surface area contributed by atoms with Gasteiger partial charge in [-0.25, -0.2) is 4.79 Å². The van der Waals surface area contributed by atoms with Gasteiger partial charge in [-0.1, -0.05) is 48.0 Å². The average Bonchev–Trinajstić information content (AvgIpc) is 2.75. The van der Waals surface area contributed by atoms with E-state index in [1.165, 1.54) is 0 Å². The number of carbonyl (C=O) groups is 2. The van der Waals surface area contributed by atoms with Crippen molar-refractivity contribution in [2.24, 2.45) is 5.92 Å². The first kappa shape index (κ1) is 23.5. The number of aliphatic hydroxyl groups is 1. The van der Waals surface area contributed by atoms with Crippen molar-refractivity contribution in [2.45, 2.75) is 45.6 Å². The molecule has 0 amide bonds. The molecule has 0 fully saturated rings. The smallest absolute Gasteiger partial charge is 0.336 e. The highest BCUT2D eigenvalue weighted by Crippen LogP contribution is 2.48. The van der Waals surface area contributed by atoms with Gasteiger partial charge < -0.3 is 19.9 Å². The zero-order valence-corrected chi connectivity index (χ0v) is 19.1. The number of hydrogen-bond donors (Lipinski definition) is 2. The van der Waals surface area contributed by atoms with E-state index in [0.29, 0.717) is 11.3 Å². The molecule has 0 aliphatic heterocycles. The van der Waals surface area contributed by atoms with Crippen molar-refractivity contribution in [3.63, 3.8) is 0 Å². The molecule has 3 rings (SSSR count). The van der Waals surface area contributed by atoms with Crippen LogP contribution in [0, 0.1) is 12.8 Å². The minimum atomic E-state index is -1.45. The van der Waals surface area contributed by atoms with Crippen LogP contribution in [0.4, 0.5) is 5.69 Å². The maximum atomic E-state index is 13.2. The van der Waals surface area contributed by atoms with Crippen molar-refractivity contribution in [3.8, 4) is 0 Å². The van der Waals surface area contributed by atoms with E-state index in [4.69, 9.17) is 9.47 Å².